The minimum absolute atomic E-state index is 0.0191. The van der Waals surface area contributed by atoms with Crippen molar-refractivity contribution in [1.29, 1.82) is 0 Å². The van der Waals surface area contributed by atoms with Crippen molar-refractivity contribution in [3.63, 3.8) is 0 Å². The summed E-state index contributed by atoms with van der Waals surface area (Å²) in [5, 5.41) is 12.5. The van der Waals surface area contributed by atoms with Gasteiger partial charge in [0.05, 0.1) is 13.2 Å². The number of benzene rings is 3. The van der Waals surface area contributed by atoms with Crippen molar-refractivity contribution in [2.24, 2.45) is 0 Å². The van der Waals surface area contributed by atoms with Gasteiger partial charge >= 0.3 is 12.1 Å². The van der Waals surface area contributed by atoms with Crippen molar-refractivity contribution in [2.45, 2.75) is 38.5 Å². The van der Waals surface area contributed by atoms with E-state index in [2.05, 4.69) is 26.6 Å². The summed E-state index contributed by atoms with van der Waals surface area (Å²) in [5.74, 6) is -3.20. The second-order valence-corrected chi connectivity index (χ2v) is 10.3. The number of amides is 5. The summed E-state index contributed by atoms with van der Waals surface area (Å²) >= 11 is 0. The fraction of sp³-hybridized carbons (Fsp3) is 0.294. The summed E-state index contributed by atoms with van der Waals surface area (Å²) in [7, 11) is 0. The summed E-state index contributed by atoms with van der Waals surface area (Å²) in [6, 6.07) is 24.7. The number of ether oxygens (including phenoxy) is 2. The van der Waals surface area contributed by atoms with Gasteiger partial charge < -0.3 is 36.1 Å². The molecule has 5 amide bonds. The van der Waals surface area contributed by atoms with E-state index in [1.807, 2.05) is 18.2 Å². The number of hydrogen-bond acceptors (Lipinski definition) is 8. The van der Waals surface area contributed by atoms with E-state index in [-0.39, 0.29) is 32.6 Å². The molecule has 0 saturated carbocycles. The molecule has 5 N–H and O–H groups in total. The molecule has 13 heteroatoms. The quantitative estimate of drug-likeness (QED) is 0.136. The Balaban J connectivity index is 1.65. The van der Waals surface area contributed by atoms with Gasteiger partial charge in [0.1, 0.15) is 31.8 Å². The van der Waals surface area contributed by atoms with Crippen LogP contribution in [0.15, 0.2) is 91.0 Å². The maximum Gasteiger partial charge on any atom is 0.407 e. The lowest BCUT2D eigenvalue weighted by molar-refractivity contribution is -0.143. The van der Waals surface area contributed by atoms with Crippen LogP contribution in [0.4, 0.5) is 4.79 Å². The van der Waals surface area contributed by atoms with Crippen LogP contribution in [0.3, 0.4) is 0 Å². The Morgan fingerprint density at radius 1 is 0.553 bits per heavy atom. The smallest absolute Gasteiger partial charge is 0.407 e. The van der Waals surface area contributed by atoms with Gasteiger partial charge in [-0.3, -0.25) is 24.0 Å². The predicted octanol–water partition coefficient (Wildman–Crippen LogP) is 1.16. The minimum atomic E-state index is -1.12. The highest BCUT2D eigenvalue weighted by Crippen LogP contribution is 2.07. The lowest BCUT2D eigenvalue weighted by Crippen LogP contribution is -2.56. The van der Waals surface area contributed by atoms with Crippen LogP contribution in [0.5, 0.6) is 0 Å². The molecule has 13 nitrogen and oxygen atoms in total. The molecule has 0 bridgehead atoms. The highest BCUT2D eigenvalue weighted by Gasteiger charge is 2.28. The van der Waals surface area contributed by atoms with E-state index >= 15 is 0 Å². The van der Waals surface area contributed by atoms with E-state index in [0.717, 1.165) is 16.7 Å². The molecule has 0 aliphatic heterocycles. The lowest BCUT2D eigenvalue weighted by Gasteiger charge is -2.23. The van der Waals surface area contributed by atoms with Crippen molar-refractivity contribution in [2.75, 3.05) is 26.2 Å². The van der Waals surface area contributed by atoms with Crippen LogP contribution in [0.1, 0.15) is 23.6 Å². The van der Waals surface area contributed by atoms with Gasteiger partial charge in [-0.2, -0.15) is 0 Å². The maximum absolute atomic E-state index is 13.6. The first-order chi connectivity index (χ1) is 22.7. The Morgan fingerprint density at radius 2 is 1.06 bits per heavy atom. The SMILES string of the molecule is CCOC(=O)CNC(=O)CNC(=O)[C@H](Cc1ccccc1)NC(=O)[C@H](Cc1ccccc1)NC(=O)CNC(=O)OCc1ccccc1. The molecule has 0 fully saturated rings. The maximum atomic E-state index is 13.6. The van der Waals surface area contributed by atoms with Gasteiger partial charge in [0.15, 0.2) is 0 Å². The number of nitrogens with one attached hydrogen (secondary N) is 5. The lowest BCUT2D eigenvalue weighted by atomic mass is 10.0. The zero-order valence-electron chi connectivity index (χ0n) is 26.0. The molecule has 248 valence electrons. The molecule has 0 heterocycles. The van der Waals surface area contributed by atoms with Crippen molar-refractivity contribution < 1.29 is 38.2 Å². The van der Waals surface area contributed by atoms with Crippen LogP contribution in [0.2, 0.25) is 0 Å². The standard InChI is InChI=1S/C34H39N5O8/c1-2-46-31(42)22-35-29(40)20-36-32(43)27(18-24-12-6-3-7-13-24)39-33(44)28(19-25-14-8-4-9-15-25)38-30(41)21-37-34(45)47-23-26-16-10-5-11-17-26/h3-17,27-28H,2,18-23H2,1H3,(H,35,40)(H,36,43)(H,37,45)(H,38,41)(H,39,44)/t27-,28-/m0/s1. The molecule has 0 aliphatic carbocycles. The molecule has 0 aromatic heterocycles. The van der Waals surface area contributed by atoms with Gasteiger partial charge in [-0.15, -0.1) is 0 Å². The Labute approximate surface area is 272 Å². The summed E-state index contributed by atoms with van der Waals surface area (Å²) in [4.78, 5) is 75.6. The topological polar surface area (TPSA) is 181 Å². The molecule has 2 atom stereocenters. The first kappa shape index (κ1) is 35.8. The minimum Gasteiger partial charge on any atom is -0.465 e. The molecule has 0 spiro atoms. The normalized spacial score (nSPS) is 11.6. The number of carbonyl (C=O) groups is 6. The molecule has 0 saturated heterocycles. The summed E-state index contributed by atoms with van der Waals surface area (Å²) in [6.45, 7) is 0.558. The van der Waals surface area contributed by atoms with Crippen LogP contribution in [0.25, 0.3) is 0 Å². The Kier molecular flexibility index (Phi) is 14.9. The highest BCUT2D eigenvalue weighted by atomic mass is 16.5. The average Bonchev–Trinajstić information content (AvgIpc) is 3.08. The van der Waals surface area contributed by atoms with Gasteiger partial charge in [0.25, 0.3) is 0 Å². The van der Waals surface area contributed by atoms with E-state index in [4.69, 9.17) is 9.47 Å². The average molecular weight is 646 g/mol. The van der Waals surface area contributed by atoms with Gasteiger partial charge in [0, 0.05) is 12.8 Å². The zero-order valence-corrected chi connectivity index (χ0v) is 26.0. The van der Waals surface area contributed by atoms with Crippen LogP contribution < -0.4 is 26.6 Å². The second kappa shape index (κ2) is 19.6. The Bertz CT molecular complexity index is 1470. The van der Waals surface area contributed by atoms with Crippen molar-refractivity contribution in [1.82, 2.24) is 26.6 Å². The van der Waals surface area contributed by atoms with E-state index in [1.54, 1.807) is 79.7 Å². The molecule has 3 aromatic rings. The fourth-order valence-electron chi connectivity index (χ4n) is 4.30. The molecular formula is C34H39N5O8. The van der Waals surface area contributed by atoms with Crippen LogP contribution in [-0.4, -0.2) is 74.0 Å². The third kappa shape index (κ3) is 13.9. The number of carbonyl (C=O) groups excluding carboxylic acids is 6. The van der Waals surface area contributed by atoms with E-state index in [9.17, 15) is 28.8 Å². The van der Waals surface area contributed by atoms with Crippen molar-refractivity contribution in [3.05, 3.63) is 108 Å². The van der Waals surface area contributed by atoms with E-state index in [1.165, 1.54) is 0 Å². The van der Waals surface area contributed by atoms with Crippen LogP contribution in [0, 0.1) is 0 Å². The molecule has 0 radical (unpaired) electrons. The van der Waals surface area contributed by atoms with Gasteiger partial charge in [-0.25, -0.2) is 4.79 Å². The molecule has 3 aromatic carbocycles. The van der Waals surface area contributed by atoms with Gasteiger partial charge in [0.2, 0.25) is 23.6 Å². The summed E-state index contributed by atoms with van der Waals surface area (Å²) in [5.41, 5.74) is 2.25. The highest BCUT2D eigenvalue weighted by molar-refractivity contribution is 5.94. The first-order valence-corrected chi connectivity index (χ1v) is 15.1. The number of esters is 1. The second-order valence-electron chi connectivity index (χ2n) is 10.3. The number of hydrogen-bond donors (Lipinski definition) is 5. The first-order valence-electron chi connectivity index (χ1n) is 15.1. The summed E-state index contributed by atoms with van der Waals surface area (Å²) in [6.07, 6.45) is -0.629. The van der Waals surface area contributed by atoms with Crippen LogP contribution in [-0.2, 0) is 52.9 Å². The molecular weight excluding hydrogens is 606 g/mol. The largest absolute Gasteiger partial charge is 0.465 e. The molecule has 47 heavy (non-hydrogen) atoms. The third-order valence-corrected chi connectivity index (χ3v) is 6.61. The Hall–Kier alpha value is -5.72. The monoisotopic (exact) mass is 645 g/mol. The molecule has 3 rings (SSSR count). The van der Waals surface area contributed by atoms with Crippen LogP contribution >= 0.6 is 0 Å². The molecule has 0 unspecified atom stereocenters. The van der Waals surface area contributed by atoms with E-state index < -0.39 is 60.9 Å². The van der Waals surface area contributed by atoms with Crippen molar-refractivity contribution >= 4 is 35.7 Å². The zero-order chi connectivity index (χ0) is 33.9. The number of rotatable bonds is 17. The number of alkyl carbamates (subject to hydrolysis) is 1. The van der Waals surface area contributed by atoms with Gasteiger partial charge in [-0.1, -0.05) is 91.0 Å². The third-order valence-electron chi connectivity index (χ3n) is 6.61. The Morgan fingerprint density at radius 3 is 1.62 bits per heavy atom. The van der Waals surface area contributed by atoms with Crippen molar-refractivity contribution in [3.8, 4) is 0 Å². The van der Waals surface area contributed by atoms with Gasteiger partial charge in [-0.05, 0) is 23.6 Å². The molecule has 0 aliphatic rings. The summed E-state index contributed by atoms with van der Waals surface area (Å²) < 4.78 is 9.90. The van der Waals surface area contributed by atoms with E-state index in [0.29, 0.717) is 0 Å². The predicted molar refractivity (Wildman–Crippen MR) is 171 cm³/mol. The fourth-order valence-corrected chi connectivity index (χ4v) is 4.30.